The van der Waals surface area contributed by atoms with Crippen LogP contribution in [0.3, 0.4) is 0 Å². The van der Waals surface area contributed by atoms with E-state index in [-0.39, 0.29) is 12.5 Å². The lowest BCUT2D eigenvalue weighted by Gasteiger charge is -2.08. The zero-order valence-electron chi connectivity index (χ0n) is 19.3. The van der Waals surface area contributed by atoms with Gasteiger partial charge in [0.05, 0.1) is 13.3 Å². The monoisotopic (exact) mass is 458 g/mol. The topological polar surface area (TPSA) is 86.2 Å². The molecule has 0 aromatic heterocycles. The number of rotatable bonds is 9. The molecule has 1 amide bonds. The van der Waals surface area contributed by atoms with Crippen molar-refractivity contribution < 1.29 is 23.8 Å². The van der Waals surface area contributed by atoms with Gasteiger partial charge in [-0.2, -0.15) is 5.10 Å². The van der Waals surface area contributed by atoms with Gasteiger partial charge in [-0.15, -0.1) is 0 Å². The molecule has 7 nitrogen and oxygen atoms in total. The lowest BCUT2D eigenvalue weighted by atomic mass is 10.1. The smallest absolute Gasteiger partial charge is 0.336 e. The van der Waals surface area contributed by atoms with E-state index in [2.05, 4.69) is 10.5 Å². The number of nitrogens with one attached hydrogen (secondary N) is 1. The van der Waals surface area contributed by atoms with Crippen LogP contribution in [-0.2, 0) is 9.59 Å². The number of benzene rings is 3. The number of carbonyl (C=O) groups excluding carboxylic acids is 2. The Balaban J connectivity index is 1.43. The Morgan fingerprint density at radius 2 is 1.59 bits per heavy atom. The van der Waals surface area contributed by atoms with Crippen LogP contribution in [0.15, 0.2) is 77.9 Å². The highest BCUT2D eigenvalue weighted by Gasteiger charge is 2.04. The van der Waals surface area contributed by atoms with Gasteiger partial charge in [-0.3, -0.25) is 4.79 Å². The fraction of sp³-hybridized carbons (Fsp3) is 0.148. The number of nitrogens with zero attached hydrogens (tertiary/aromatic N) is 1. The van der Waals surface area contributed by atoms with E-state index >= 15 is 0 Å². The Morgan fingerprint density at radius 3 is 2.26 bits per heavy atom. The van der Waals surface area contributed by atoms with Crippen molar-refractivity contribution in [2.45, 2.75) is 13.8 Å². The first-order valence-corrected chi connectivity index (χ1v) is 10.6. The molecule has 34 heavy (non-hydrogen) atoms. The summed E-state index contributed by atoms with van der Waals surface area (Å²) in [5.41, 5.74) is 6.10. The molecule has 0 unspecified atom stereocenters. The number of hydrogen-bond acceptors (Lipinski definition) is 6. The minimum absolute atomic E-state index is 0.139. The van der Waals surface area contributed by atoms with Crippen LogP contribution in [0.25, 0.3) is 6.08 Å². The highest BCUT2D eigenvalue weighted by Crippen LogP contribution is 2.18. The van der Waals surface area contributed by atoms with Crippen molar-refractivity contribution in [3.63, 3.8) is 0 Å². The number of hydrazone groups is 1. The summed E-state index contributed by atoms with van der Waals surface area (Å²) in [6.45, 7) is 3.78. The molecule has 3 aromatic carbocycles. The van der Waals surface area contributed by atoms with Crippen molar-refractivity contribution in [3.05, 3.63) is 95.1 Å². The van der Waals surface area contributed by atoms with Gasteiger partial charge >= 0.3 is 5.97 Å². The van der Waals surface area contributed by atoms with Crippen molar-refractivity contribution in [1.82, 2.24) is 5.43 Å². The van der Waals surface area contributed by atoms with Gasteiger partial charge in [-0.25, -0.2) is 10.2 Å². The summed E-state index contributed by atoms with van der Waals surface area (Å²) in [5, 5.41) is 3.92. The minimum Gasteiger partial charge on any atom is -0.497 e. The molecular formula is C27H26N2O5. The van der Waals surface area contributed by atoms with Crippen molar-refractivity contribution in [3.8, 4) is 17.2 Å². The third-order valence-corrected chi connectivity index (χ3v) is 4.72. The fourth-order valence-electron chi connectivity index (χ4n) is 2.97. The molecule has 0 bridgehead atoms. The van der Waals surface area contributed by atoms with Crippen molar-refractivity contribution in [2.24, 2.45) is 5.10 Å². The predicted octanol–water partition coefficient (Wildman–Crippen LogP) is 4.46. The van der Waals surface area contributed by atoms with Crippen molar-refractivity contribution in [2.75, 3.05) is 13.7 Å². The largest absolute Gasteiger partial charge is 0.497 e. The van der Waals surface area contributed by atoms with E-state index in [0.717, 1.165) is 28.0 Å². The van der Waals surface area contributed by atoms with Crippen LogP contribution < -0.4 is 19.6 Å². The summed E-state index contributed by atoms with van der Waals surface area (Å²) in [5.74, 6) is 0.938. The standard InChI is InChI=1S/C27H26N2O5/c1-19-4-14-25(20(2)16-19)33-18-26(30)29-28-17-22-7-12-24(13-8-22)34-27(31)15-9-21-5-10-23(32-3)11-6-21/h4-17H,18H2,1-3H3,(H,29,30)/b15-9+,28-17+. The molecule has 1 N–H and O–H groups in total. The first kappa shape index (κ1) is 24.3. The van der Waals surface area contributed by atoms with Gasteiger partial charge < -0.3 is 14.2 Å². The molecule has 0 saturated carbocycles. The summed E-state index contributed by atoms with van der Waals surface area (Å²) in [4.78, 5) is 24.0. The third-order valence-electron chi connectivity index (χ3n) is 4.72. The van der Waals surface area contributed by atoms with Crippen LogP contribution in [0.2, 0.25) is 0 Å². The molecule has 0 spiro atoms. The molecule has 0 atom stereocenters. The summed E-state index contributed by atoms with van der Waals surface area (Å²) < 4.78 is 15.9. The number of amides is 1. The number of carbonyl (C=O) groups is 2. The number of esters is 1. The van der Waals surface area contributed by atoms with Crippen LogP contribution in [-0.4, -0.2) is 31.8 Å². The lowest BCUT2D eigenvalue weighted by Crippen LogP contribution is -2.24. The molecule has 0 saturated heterocycles. The van der Waals surface area contributed by atoms with Crippen molar-refractivity contribution in [1.29, 1.82) is 0 Å². The summed E-state index contributed by atoms with van der Waals surface area (Å²) in [6.07, 6.45) is 4.51. The van der Waals surface area contributed by atoms with Gasteiger partial charge in [0.2, 0.25) is 0 Å². The van der Waals surface area contributed by atoms with E-state index in [0.29, 0.717) is 11.5 Å². The Kier molecular flexibility index (Phi) is 8.57. The lowest BCUT2D eigenvalue weighted by molar-refractivity contribution is -0.129. The van der Waals surface area contributed by atoms with Crippen LogP contribution in [0, 0.1) is 13.8 Å². The second kappa shape index (κ2) is 12.0. The van der Waals surface area contributed by atoms with E-state index in [1.165, 1.54) is 12.3 Å². The Bertz CT molecular complexity index is 1180. The maximum Gasteiger partial charge on any atom is 0.336 e. The normalized spacial score (nSPS) is 10.9. The van der Waals surface area contributed by atoms with Crippen LogP contribution >= 0.6 is 0 Å². The van der Waals surface area contributed by atoms with E-state index in [9.17, 15) is 9.59 Å². The quantitative estimate of drug-likeness (QED) is 0.168. The molecule has 0 aliphatic carbocycles. The van der Waals surface area contributed by atoms with E-state index < -0.39 is 5.97 Å². The SMILES string of the molecule is COc1ccc(/C=C/C(=O)Oc2ccc(/C=N/NC(=O)COc3ccc(C)cc3C)cc2)cc1. The van der Waals surface area contributed by atoms with Gasteiger partial charge in [-0.05, 0) is 79.1 Å². The average molecular weight is 459 g/mol. The van der Waals surface area contributed by atoms with Gasteiger partial charge in [0.1, 0.15) is 17.2 Å². The third kappa shape index (κ3) is 7.63. The summed E-state index contributed by atoms with van der Waals surface area (Å²) in [7, 11) is 1.60. The Morgan fingerprint density at radius 1 is 0.912 bits per heavy atom. The summed E-state index contributed by atoms with van der Waals surface area (Å²) in [6, 6.07) is 19.8. The van der Waals surface area contributed by atoms with E-state index in [4.69, 9.17) is 14.2 Å². The Hall–Kier alpha value is -4.39. The zero-order valence-corrected chi connectivity index (χ0v) is 19.3. The molecule has 0 radical (unpaired) electrons. The van der Waals surface area contributed by atoms with Gasteiger partial charge in [-0.1, -0.05) is 29.8 Å². The second-order valence-corrected chi connectivity index (χ2v) is 7.45. The van der Waals surface area contributed by atoms with Crippen LogP contribution in [0.1, 0.15) is 22.3 Å². The molecule has 0 aliphatic rings. The molecule has 174 valence electrons. The average Bonchev–Trinajstić information content (AvgIpc) is 2.83. The molecule has 0 heterocycles. The number of aryl methyl sites for hydroxylation is 2. The first-order chi connectivity index (χ1) is 16.4. The molecule has 0 aliphatic heterocycles. The maximum absolute atomic E-state index is 12.0. The predicted molar refractivity (Wildman–Crippen MR) is 131 cm³/mol. The minimum atomic E-state index is -0.492. The number of methoxy groups -OCH3 is 1. The van der Waals surface area contributed by atoms with E-state index in [1.54, 1.807) is 37.5 Å². The van der Waals surface area contributed by atoms with Gasteiger partial charge in [0.15, 0.2) is 6.61 Å². The summed E-state index contributed by atoms with van der Waals surface area (Å²) >= 11 is 0. The first-order valence-electron chi connectivity index (χ1n) is 10.6. The maximum atomic E-state index is 12.0. The highest BCUT2D eigenvalue weighted by atomic mass is 16.5. The van der Waals surface area contributed by atoms with Gasteiger partial charge in [0.25, 0.3) is 5.91 Å². The van der Waals surface area contributed by atoms with E-state index in [1.807, 2.05) is 56.3 Å². The second-order valence-electron chi connectivity index (χ2n) is 7.45. The number of hydrogen-bond donors (Lipinski definition) is 1. The fourth-order valence-corrected chi connectivity index (χ4v) is 2.97. The van der Waals surface area contributed by atoms with Gasteiger partial charge in [0, 0.05) is 6.08 Å². The highest BCUT2D eigenvalue weighted by molar-refractivity contribution is 5.89. The van der Waals surface area contributed by atoms with Crippen LogP contribution in [0.4, 0.5) is 0 Å². The number of ether oxygens (including phenoxy) is 3. The molecule has 0 fully saturated rings. The molecule has 3 rings (SSSR count). The Labute approximate surface area is 198 Å². The zero-order chi connectivity index (χ0) is 24.3. The van der Waals surface area contributed by atoms with Crippen molar-refractivity contribution >= 4 is 24.2 Å². The molecule has 3 aromatic rings. The molecule has 7 heteroatoms. The molecular weight excluding hydrogens is 432 g/mol. The van der Waals surface area contributed by atoms with Crippen LogP contribution in [0.5, 0.6) is 17.2 Å².